The van der Waals surface area contributed by atoms with E-state index in [4.69, 9.17) is 0 Å². The van der Waals surface area contributed by atoms with Crippen LogP contribution in [0.25, 0.3) is 0 Å². The Hall–Kier alpha value is -2.02. The van der Waals surface area contributed by atoms with Crippen molar-refractivity contribution >= 4 is 33.2 Å². The van der Waals surface area contributed by atoms with Gasteiger partial charge in [0, 0.05) is 4.47 Å². The van der Waals surface area contributed by atoms with Crippen LogP contribution in [0.5, 0.6) is 0 Å². The zero-order valence-corrected chi connectivity index (χ0v) is 12.6. The second-order valence-electron chi connectivity index (χ2n) is 4.88. The average Bonchev–Trinajstić information content (AvgIpc) is 2.45. The number of hydrogen-bond donors (Lipinski definition) is 2. The van der Waals surface area contributed by atoms with Crippen LogP contribution in [0.3, 0.4) is 0 Å². The molecule has 0 spiro atoms. The molecule has 0 fully saturated rings. The summed E-state index contributed by atoms with van der Waals surface area (Å²) in [4.78, 5) is 12.1. The molecule has 7 heteroatoms. The number of carbonyl (C=O) groups is 1. The van der Waals surface area contributed by atoms with Gasteiger partial charge in [0.2, 0.25) is 0 Å². The Kier molecular flexibility index (Phi) is 3.60. The number of carbonyl (C=O) groups excluding carboxylic acids is 1. The van der Waals surface area contributed by atoms with Gasteiger partial charge in [0.05, 0.1) is 16.9 Å². The van der Waals surface area contributed by atoms with Crippen molar-refractivity contribution in [2.45, 2.75) is 12.2 Å². The quantitative estimate of drug-likeness (QED) is 0.771. The Balaban J connectivity index is 1.89. The number of benzene rings is 2. The molecule has 0 unspecified atom stereocenters. The fourth-order valence-corrected chi connectivity index (χ4v) is 2.63. The van der Waals surface area contributed by atoms with Gasteiger partial charge in [0.15, 0.2) is 0 Å². The van der Waals surface area contributed by atoms with Gasteiger partial charge in [-0.05, 0) is 35.9 Å². The maximum absolute atomic E-state index is 12.6. The van der Waals surface area contributed by atoms with Crippen molar-refractivity contribution in [2.75, 3.05) is 10.6 Å². The van der Waals surface area contributed by atoms with E-state index in [1.807, 2.05) is 6.07 Å². The fourth-order valence-electron chi connectivity index (χ4n) is 2.27. The van der Waals surface area contributed by atoms with Crippen LogP contribution in [0.2, 0.25) is 0 Å². The number of fused-ring (bicyclic) bond motifs is 1. The second kappa shape index (κ2) is 5.31. The van der Waals surface area contributed by atoms with Gasteiger partial charge >= 0.3 is 6.18 Å². The third-order valence-electron chi connectivity index (χ3n) is 3.37. The molecular weight excluding hydrogens is 361 g/mol. The second-order valence-corrected chi connectivity index (χ2v) is 5.79. The molecule has 0 bridgehead atoms. The summed E-state index contributed by atoms with van der Waals surface area (Å²) in [7, 11) is 0. The maximum Gasteiger partial charge on any atom is 0.416 e. The van der Waals surface area contributed by atoms with E-state index in [9.17, 15) is 18.0 Å². The summed E-state index contributed by atoms with van der Waals surface area (Å²) in [6, 6.07) is 9.19. The lowest BCUT2D eigenvalue weighted by molar-refractivity contribution is -0.137. The van der Waals surface area contributed by atoms with Crippen molar-refractivity contribution in [3.63, 3.8) is 0 Å². The summed E-state index contributed by atoms with van der Waals surface area (Å²) in [6.45, 7) is 0. The first kappa shape index (κ1) is 14.9. The SMILES string of the molecule is O=C1Nc2cc(Br)ccc2N[C@@H]1c1ccc(C(F)(F)F)cc1. The Morgan fingerprint density at radius 3 is 2.32 bits per heavy atom. The molecule has 1 amide bonds. The summed E-state index contributed by atoms with van der Waals surface area (Å²) < 4.78 is 38.5. The lowest BCUT2D eigenvalue weighted by atomic mass is 10.0. The normalized spacial score (nSPS) is 17.5. The summed E-state index contributed by atoms with van der Waals surface area (Å²) in [6.07, 6.45) is -4.39. The monoisotopic (exact) mass is 370 g/mol. The lowest BCUT2D eigenvalue weighted by Gasteiger charge is -2.27. The van der Waals surface area contributed by atoms with Crippen LogP contribution >= 0.6 is 15.9 Å². The molecule has 22 heavy (non-hydrogen) atoms. The van der Waals surface area contributed by atoms with Crippen molar-refractivity contribution < 1.29 is 18.0 Å². The van der Waals surface area contributed by atoms with E-state index in [2.05, 4.69) is 26.6 Å². The Labute approximate surface area is 132 Å². The minimum absolute atomic E-state index is 0.314. The summed E-state index contributed by atoms with van der Waals surface area (Å²) in [5.41, 5.74) is 1.08. The maximum atomic E-state index is 12.6. The number of alkyl halides is 3. The molecule has 0 aliphatic carbocycles. The van der Waals surface area contributed by atoms with Crippen molar-refractivity contribution in [2.24, 2.45) is 0 Å². The van der Waals surface area contributed by atoms with E-state index >= 15 is 0 Å². The van der Waals surface area contributed by atoms with Crippen LogP contribution in [0.15, 0.2) is 46.9 Å². The predicted molar refractivity (Wildman–Crippen MR) is 80.6 cm³/mol. The van der Waals surface area contributed by atoms with Crippen LogP contribution in [0.4, 0.5) is 24.5 Å². The molecule has 1 heterocycles. The van der Waals surface area contributed by atoms with E-state index < -0.39 is 17.8 Å². The molecule has 0 radical (unpaired) electrons. The van der Waals surface area contributed by atoms with Gasteiger partial charge in [-0.2, -0.15) is 13.2 Å². The molecule has 3 nitrogen and oxygen atoms in total. The molecule has 1 atom stereocenters. The minimum Gasteiger partial charge on any atom is -0.368 e. The standard InChI is InChI=1S/C15H10BrF3N2O/c16-10-5-6-11-12(7-10)21-14(22)13(20-11)8-1-3-9(4-2-8)15(17,18)19/h1-7,13,20H,(H,21,22)/t13-/m1/s1. The zero-order valence-electron chi connectivity index (χ0n) is 11.0. The van der Waals surface area contributed by atoms with Gasteiger partial charge in [-0.3, -0.25) is 4.79 Å². The minimum atomic E-state index is -4.39. The molecule has 0 aromatic heterocycles. The highest BCUT2D eigenvalue weighted by molar-refractivity contribution is 9.10. The molecule has 2 aromatic carbocycles. The van der Waals surface area contributed by atoms with Crippen LogP contribution in [-0.4, -0.2) is 5.91 Å². The number of hydrogen-bond acceptors (Lipinski definition) is 2. The number of anilines is 2. The predicted octanol–water partition coefficient (Wildman–Crippen LogP) is 4.57. The molecule has 0 saturated carbocycles. The fraction of sp³-hybridized carbons (Fsp3) is 0.133. The molecule has 0 saturated heterocycles. The zero-order chi connectivity index (χ0) is 15.9. The Morgan fingerprint density at radius 1 is 1.00 bits per heavy atom. The van der Waals surface area contributed by atoms with Crippen LogP contribution in [0.1, 0.15) is 17.2 Å². The van der Waals surface area contributed by atoms with Gasteiger partial charge in [0.1, 0.15) is 6.04 Å². The van der Waals surface area contributed by atoms with Gasteiger partial charge < -0.3 is 10.6 Å². The molecule has 2 N–H and O–H groups in total. The highest BCUT2D eigenvalue weighted by Crippen LogP contribution is 2.35. The van der Waals surface area contributed by atoms with Crippen LogP contribution in [0, 0.1) is 0 Å². The summed E-state index contributed by atoms with van der Waals surface area (Å²) >= 11 is 3.31. The number of halogens is 4. The van der Waals surface area contributed by atoms with Crippen LogP contribution < -0.4 is 10.6 Å². The number of rotatable bonds is 1. The third kappa shape index (κ3) is 2.81. The largest absolute Gasteiger partial charge is 0.416 e. The third-order valence-corrected chi connectivity index (χ3v) is 3.87. The summed E-state index contributed by atoms with van der Waals surface area (Å²) in [5, 5.41) is 5.77. The number of nitrogens with one attached hydrogen (secondary N) is 2. The van der Waals surface area contributed by atoms with Crippen molar-refractivity contribution in [3.05, 3.63) is 58.1 Å². The smallest absolute Gasteiger partial charge is 0.368 e. The van der Waals surface area contributed by atoms with Crippen LogP contribution in [-0.2, 0) is 11.0 Å². The van der Waals surface area contributed by atoms with Crippen molar-refractivity contribution in [3.8, 4) is 0 Å². The first-order valence-electron chi connectivity index (χ1n) is 6.39. The number of amides is 1. The Morgan fingerprint density at radius 2 is 1.68 bits per heavy atom. The van der Waals surface area contributed by atoms with E-state index in [1.165, 1.54) is 12.1 Å². The highest BCUT2D eigenvalue weighted by atomic mass is 79.9. The van der Waals surface area contributed by atoms with Gasteiger partial charge in [-0.1, -0.05) is 28.1 Å². The Bertz CT molecular complexity index is 729. The molecular formula is C15H10BrF3N2O. The topological polar surface area (TPSA) is 41.1 Å². The van der Waals surface area contributed by atoms with E-state index in [0.717, 1.165) is 16.6 Å². The molecule has 3 rings (SSSR count). The van der Waals surface area contributed by atoms with Gasteiger partial charge in [-0.15, -0.1) is 0 Å². The molecule has 1 aliphatic rings. The summed E-state index contributed by atoms with van der Waals surface area (Å²) in [5.74, 6) is -0.314. The molecule has 114 valence electrons. The molecule has 2 aromatic rings. The van der Waals surface area contributed by atoms with Gasteiger partial charge in [0.25, 0.3) is 5.91 Å². The van der Waals surface area contributed by atoms with E-state index in [1.54, 1.807) is 12.1 Å². The van der Waals surface area contributed by atoms with Crippen molar-refractivity contribution in [1.82, 2.24) is 0 Å². The van der Waals surface area contributed by atoms with Gasteiger partial charge in [-0.25, -0.2) is 0 Å². The van der Waals surface area contributed by atoms with E-state index in [0.29, 0.717) is 16.9 Å². The van der Waals surface area contributed by atoms with Crippen molar-refractivity contribution in [1.29, 1.82) is 0 Å². The first-order valence-corrected chi connectivity index (χ1v) is 7.18. The highest BCUT2D eigenvalue weighted by Gasteiger charge is 2.31. The van der Waals surface area contributed by atoms with E-state index in [-0.39, 0.29) is 5.91 Å². The first-order chi connectivity index (χ1) is 10.3. The average molecular weight is 371 g/mol. The lowest BCUT2D eigenvalue weighted by Crippen LogP contribution is -2.31. The molecule has 1 aliphatic heterocycles.